The molecule has 0 saturated heterocycles. The lowest BCUT2D eigenvalue weighted by atomic mass is 9.99. The van der Waals surface area contributed by atoms with Gasteiger partial charge in [-0.15, -0.1) is 0 Å². The second-order valence-corrected chi connectivity index (χ2v) is 6.91. The average Bonchev–Trinajstić information content (AvgIpc) is 3.24. The Kier molecular flexibility index (Phi) is 4.02. The second kappa shape index (κ2) is 6.83. The van der Waals surface area contributed by atoms with E-state index >= 15 is 0 Å². The molecule has 0 bridgehead atoms. The number of nitrogens with zero attached hydrogens (tertiary/aromatic N) is 3. The van der Waals surface area contributed by atoms with E-state index in [1.807, 2.05) is 61.5 Å². The van der Waals surface area contributed by atoms with Crippen molar-refractivity contribution < 1.29 is 4.79 Å². The smallest absolute Gasteiger partial charge is 0.150 e. The first-order chi connectivity index (χ1) is 14.2. The molecule has 5 rings (SSSR count). The Morgan fingerprint density at radius 1 is 0.966 bits per heavy atom. The number of H-pyrrole nitrogens is 1. The van der Waals surface area contributed by atoms with Crippen LogP contribution in [0.5, 0.6) is 0 Å². The van der Waals surface area contributed by atoms with Crippen LogP contribution >= 0.6 is 0 Å². The summed E-state index contributed by atoms with van der Waals surface area (Å²) < 4.78 is 0. The summed E-state index contributed by atoms with van der Waals surface area (Å²) in [6.07, 6.45) is 4.23. The molecule has 0 unspecified atom stereocenters. The van der Waals surface area contributed by atoms with E-state index in [0.29, 0.717) is 11.4 Å². The van der Waals surface area contributed by atoms with Gasteiger partial charge >= 0.3 is 0 Å². The van der Waals surface area contributed by atoms with Crippen LogP contribution < -0.4 is 5.32 Å². The number of fused-ring (bicyclic) bond motifs is 2. The topological polar surface area (TPSA) is 83.6 Å². The van der Waals surface area contributed by atoms with E-state index in [4.69, 9.17) is 0 Å². The van der Waals surface area contributed by atoms with Gasteiger partial charge in [0, 0.05) is 16.3 Å². The third-order valence-corrected chi connectivity index (χ3v) is 5.11. The van der Waals surface area contributed by atoms with Gasteiger partial charge in [-0.1, -0.05) is 24.3 Å². The Morgan fingerprint density at radius 3 is 2.72 bits per heavy atom. The average molecular weight is 379 g/mol. The van der Waals surface area contributed by atoms with Crippen LogP contribution in [-0.4, -0.2) is 26.5 Å². The van der Waals surface area contributed by atoms with Gasteiger partial charge in [0.15, 0.2) is 0 Å². The lowest BCUT2D eigenvalue weighted by Gasteiger charge is -2.11. The van der Waals surface area contributed by atoms with Gasteiger partial charge in [0.25, 0.3) is 0 Å². The molecule has 2 heterocycles. The van der Waals surface area contributed by atoms with Crippen LogP contribution in [0, 0.1) is 6.92 Å². The number of carbonyl (C=O) groups is 1. The van der Waals surface area contributed by atoms with Crippen molar-refractivity contribution >= 4 is 39.6 Å². The van der Waals surface area contributed by atoms with Crippen molar-refractivity contribution in [2.24, 2.45) is 0 Å². The van der Waals surface area contributed by atoms with E-state index in [0.717, 1.165) is 50.5 Å². The van der Waals surface area contributed by atoms with Gasteiger partial charge in [-0.3, -0.25) is 9.89 Å². The van der Waals surface area contributed by atoms with Crippen LogP contribution in [-0.2, 0) is 0 Å². The molecule has 2 N–H and O–H groups in total. The van der Waals surface area contributed by atoms with Crippen molar-refractivity contribution in [3.63, 3.8) is 0 Å². The predicted molar refractivity (Wildman–Crippen MR) is 114 cm³/mol. The number of rotatable bonds is 4. The van der Waals surface area contributed by atoms with Crippen LogP contribution in [0.2, 0.25) is 0 Å². The fourth-order valence-corrected chi connectivity index (χ4v) is 3.49. The van der Waals surface area contributed by atoms with Crippen LogP contribution in [0.1, 0.15) is 15.9 Å². The van der Waals surface area contributed by atoms with Crippen molar-refractivity contribution in [2.45, 2.75) is 6.92 Å². The van der Waals surface area contributed by atoms with Crippen molar-refractivity contribution in [3.8, 4) is 11.1 Å². The lowest BCUT2D eigenvalue weighted by molar-refractivity contribution is 0.112. The molecule has 2 aromatic heterocycles. The molecule has 5 aromatic rings. The molecular weight excluding hydrogens is 362 g/mol. The Balaban J connectivity index is 1.62. The van der Waals surface area contributed by atoms with Gasteiger partial charge in [0.2, 0.25) is 0 Å². The van der Waals surface area contributed by atoms with E-state index in [9.17, 15) is 4.79 Å². The molecular formula is C23H17N5O. The Morgan fingerprint density at radius 2 is 1.83 bits per heavy atom. The fraction of sp³-hybridized carbons (Fsp3) is 0.0435. The molecule has 0 aliphatic rings. The number of hydrogen-bond acceptors (Lipinski definition) is 5. The zero-order valence-corrected chi connectivity index (χ0v) is 15.7. The maximum absolute atomic E-state index is 11.3. The molecule has 0 spiro atoms. The molecule has 3 aromatic carbocycles. The van der Waals surface area contributed by atoms with Crippen LogP contribution in [0.25, 0.3) is 32.9 Å². The summed E-state index contributed by atoms with van der Waals surface area (Å²) in [5.41, 5.74) is 6.34. The molecule has 140 valence electrons. The molecule has 0 atom stereocenters. The SMILES string of the molecule is Cc1ccc(-c2ccc3ncnc(Nc4cccc5[nH]ncc45)c3c2)cc1C=O. The van der Waals surface area contributed by atoms with Gasteiger partial charge in [0.1, 0.15) is 18.4 Å². The summed E-state index contributed by atoms with van der Waals surface area (Å²) in [5.74, 6) is 0.716. The summed E-state index contributed by atoms with van der Waals surface area (Å²) >= 11 is 0. The third-order valence-electron chi connectivity index (χ3n) is 5.11. The van der Waals surface area contributed by atoms with Crippen molar-refractivity contribution in [1.29, 1.82) is 0 Å². The van der Waals surface area contributed by atoms with Gasteiger partial charge < -0.3 is 5.32 Å². The summed E-state index contributed by atoms with van der Waals surface area (Å²) in [6, 6.07) is 17.9. The number of aromatic amines is 1. The number of benzene rings is 3. The summed E-state index contributed by atoms with van der Waals surface area (Å²) in [6.45, 7) is 1.93. The Labute approximate surface area is 166 Å². The summed E-state index contributed by atoms with van der Waals surface area (Å²) in [4.78, 5) is 20.2. The number of aryl methyl sites for hydroxylation is 1. The van der Waals surface area contributed by atoms with E-state index in [-0.39, 0.29) is 0 Å². The van der Waals surface area contributed by atoms with E-state index in [1.54, 1.807) is 12.5 Å². The highest BCUT2D eigenvalue weighted by molar-refractivity contribution is 5.98. The zero-order valence-electron chi connectivity index (χ0n) is 15.7. The highest BCUT2D eigenvalue weighted by Crippen LogP contribution is 2.31. The largest absolute Gasteiger partial charge is 0.339 e. The van der Waals surface area contributed by atoms with E-state index in [1.165, 1.54) is 0 Å². The van der Waals surface area contributed by atoms with Gasteiger partial charge in [0.05, 0.1) is 22.9 Å². The quantitative estimate of drug-likeness (QED) is 0.428. The number of nitrogens with one attached hydrogen (secondary N) is 2. The number of carbonyl (C=O) groups excluding carboxylic acids is 1. The van der Waals surface area contributed by atoms with Gasteiger partial charge in [-0.05, 0) is 53.9 Å². The fourth-order valence-electron chi connectivity index (χ4n) is 3.49. The maximum Gasteiger partial charge on any atom is 0.150 e. The standard InChI is InChI=1S/C23H17N5O/c1-14-5-6-15(9-17(14)12-29)16-7-8-20-18(10-16)23(25-13-24-20)27-21-3-2-4-22-19(21)11-26-28-22/h2-13H,1H3,(H,26,28)(H,24,25,27). The number of aldehydes is 1. The molecule has 0 saturated carbocycles. The number of anilines is 2. The van der Waals surface area contributed by atoms with E-state index < -0.39 is 0 Å². The first kappa shape index (κ1) is 17.1. The van der Waals surface area contributed by atoms with Crippen molar-refractivity contribution in [3.05, 3.63) is 78.2 Å². The monoisotopic (exact) mass is 379 g/mol. The summed E-state index contributed by atoms with van der Waals surface area (Å²) in [7, 11) is 0. The lowest BCUT2D eigenvalue weighted by Crippen LogP contribution is -1.97. The maximum atomic E-state index is 11.3. The molecule has 0 aliphatic carbocycles. The highest BCUT2D eigenvalue weighted by atomic mass is 16.1. The summed E-state index contributed by atoms with van der Waals surface area (Å²) in [5, 5.41) is 12.4. The minimum Gasteiger partial charge on any atom is -0.339 e. The number of hydrogen-bond donors (Lipinski definition) is 2. The molecule has 6 nitrogen and oxygen atoms in total. The molecule has 29 heavy (non-hydrogen) atoms. The highest BCUT2D eigenvalue weighted by Gasteiger charge is 2.10. The van der Waals surface area contributed by atoms with E-state index in [2.05, 4.69) is 25.5 Å². The van der Waals surface area contributed by atoms with Crippen LogP contribution in [0.15, 0.2) is 67.1 Å². The van der Waals surface area contributed by atoms with Gasteiger partial charge in [-0.2, -0.15) is 5.10 Å². The molecule has 0 radical (unpaired) electrons. The Hall–Kier alpha value is -4.06. The molecule has 0 aliphatic heterocycles. The van der Waals surface area contributed by atoms with Crippen LogP contribution in [0.4, 0.5) is 11.5 Å². The minimum atomic E-state index is 0.692. The zero-order chi connectivity index (χ0) is 19.8. The number of aromatic nitrogens is 4. The Bertz CT molecular complexity index is 1370. The predicted octanol–water partition coefficient (Wildman–Crippen LogP) is 5.04. The van der Waals surface area contributed by atoms with Crippen molar-refractivity contribution in [1.82, 2.24) is 20.2 Å². The first-order valence-electron chi connectivity index (χ1n) is 9.23. The molecule has 0 amide bonds. The van der Waals surface area contributed by atoms with Crippen molar-refractivity contribution in [2.75, 3.05) is 5.32 Å². The van der Waals surface area contributed by atoms with Gasteiger partial charge in [-0.25, -0.2) is 9.97 Å². The third kappa shape index (κ3) is 3.00. The molecule has 6 heteroatoms. The second-order valence-electron chi connectivity index (χ2n) is 6.91. The first-order valence-corrected chi connectivity index (χ1v) is 9.23. The normalized spacial score (nSPS) is 11.1. The van der Waals surface area contributed by atoms with Crippen LogP contribution in [0.3, 0.4) is 0 Å². The minimum absolute atomic E-state index is 0.692. The molecule has 0 fully saturated rings.